The highest BCUT2D eigenvalue weighted by Gasteiger charge is 2.22. The number of amides is 1. The van der Waals surface area contributed by atoms with Crippen LogP contribution in [0.1, 0.15) is 57.1 Å². The van der Waals surface area contributed by atoms with Crippen LogP contribution in [-0.2, 0) is 16.6 Å². The topological polar surface area (TPSA) is 50.5 Å². The molecule has 0 spiro atoms. The Morgan fingerprint density at radius 3 is 2.24 bits per heavy atom. The summed E-state index contributed by atoms with van der Waals surface area (Å²) in [6, 6.07) is 10.5. The zero-order valence-electron chi connectivity index (χ0n) is 18.7. The number of carbonyl (C=O) groups is 1. The smallest absolute Gasteiger partial charge is 0.227 e. The molecule has 3 aromatic rings. The van der Waals surface area contributed by atoms with Crippen LogP contribution in [-0.4, -0.2) is 38.5 Å². The van der Waals surface area contributed by atoms with Gasteiger partial charge in [0.15, 0.2) is 5.65 Å². The molecule has 1 amide bonds. The molecule has 0 fully saturated rings. The van der Waals surface area contributed by atoms with Crippen molar-refractivity contribution >= 4 is 11.6 Å². The summed E-state index contributed by atoms with van der Waals surface area (Å²) in [5.41, 5.74) is 6.85. The normalized spacial score (nSPS) is 11.8. The predicted molar refractivity (Wildman–Crippen MR) is 118 cm³/mol. The van der Waals surface area contributed by atoms with E-state index in [4.69, 9.17) is 10.1 Å². The first-order valence-electron chi connectivity index (χ1n) is 10.4. The summed E-state index contributed by atoms with van der Waals surface area (Å²) in [4.78, 5) is 19.5. The van der Waals surface area contributed by atoms with Crippen LogP contribution in [0.3, 0.4) is 0 Å². The fraction of sp³-hybridized carbons (Fsp3) is 0.458. The molecular weight excluding hydrogens is 360 g/mol. The molecule has 29 heavy (non-hydrogen) atoms. The van der Waals surface area contributed by atoms with Gasteiger partial charge in [-0.15, -0.1) is 0 Å². The van der Waals surface area contributed by atoms with Crippen molar-refractivity contribution in [2.24, 2.45) is 0 Å². The van der Waals surface area contributed by atoms with Gasteiger partial charge in [0, 0.05) is 35.6 Å². The molecule has 0 atom stereocenters. The number of nitrogens with zero attached hydrogens (tertiary/aromatic N) is 4. The lowest BCUT2D eigenvalue weighted by molar-refractivity contribution is -0.130. The zero-order chi connectivity index (χ0) is 21.3. The summed E-state index contributed by atoms with van der Waals surface area (Å²) < 4.78 is 1.87. The van der Waals surface area contributed by atoms with E-state index in [0.717, 1.165) is 33.9 Å². The lowest BCUT2D eigenvalue weighted by atomic mass is 9.86. The molecule has 0 unspecified atom stereocenters. The first kappa shape index (κ1) is 21.0. The SMILES string of the molecule is CCN(CC)C(=O)Cc1c(-c2ccc(C(C)(C)C)cc2)nn2c(C)cc(C)nc12. The number of carbonyl (C=O) groups excluding carboxylic acids is 1. The fourth-order valence-electron chi connectivity index (χ4n) is 3.73. The first-order valence-corrected chi connectivity index (χ1v) is 10.4. The van der Waals surface area contributed by atoms with Gasteiger partial charge in [0.25, 0.3) is 0 Å². The van der Waals surface area contributed by atoms with Gasteiger partial charge in [-0.2, -0.15) is 5.10 Å². The molecule has 5 nitrogen and oxygen atoms in total. The summed E-state index contributed by atoms with van der Waals surface area (Å²) in [6.45, 7) is 16.0. The fourth-order valence-corrected chi connectivity index (χ4v) is 3.73. The van der Waals surface area contributed by atoms with Crippen molar-refractivity contribution in [1.82, 2.24) is 19.5 Å². The monoisotopic (exact) mass is 392 g/mol. The molecule has 1 aromatic carbocycles. The van der Waals surface area contributed by atoms with Gasteiger partial charge in [0.1, 0.15) is 0 Å². The third-order valence-electron chi connectivity index (χ3n) is 5.46. The van der Waals surface area contributed by atoms with Crippen LogP contribution in [0.2, 0.25) is 0 Å². The molecule has 0 saturated heterocycles. The summed E-state index contributed by atoms with van der Waals surface area (Å²) in [7, 11) is 0. The second-order valence-corrected chi connectivity index (χ2v) is 8.67. The van der Waals surface area contributed by atoms with Gasteiger partial charge < -0.3 is 4.90 Å². The maximum absolute atomic E-state index is 12.9. The van der Waals surface area contributed by atoms with E-state index in [1.54, 1.807) is 0 Å². The Morgan fingerprint density at radius 1 is 1.07 bits per heavy atom. The third kappa shape index (κ3) is 4.19. The molecule has 0 aliphatic heterocycles. The molecule has 154 valence electrons. The Bertz CT molecular complexity index is 1020. The summed E-state index contributed by atoms with van der Waals surface area (Å²) >= 11 is 0. The van der Waals surface area contributed by atoms with Crippen LogP contribution in [0.4, 0.5) is 0 Å². The van der Waals surface area contributed by atoms with Gasteiger partial charge in [0.05, 0.1) is 12.1 Å². The number of fused-ring (bicyclic) bond motifs is 1. The Hall–Kier alpha value is -2.69. The van der Waals surface area contributed by atoms with Crippen LogP contribution in [0.25, 0.3) is 16.9 Å². The number of hydrogen-bond acceptors (Lipinski definition) is 3. The molecule has 2 heterocycles. The van der Waals surface area contributed by atoms with Gasteiger partial charge in [-0.25, -0.2) is 9.50 Å². The van der Waals surface area contributed by atoms with E-state index in [1.807, 2.05) is 43.2 Å². The average molecular weight is 393 g/mol. The minimum atomic E-state index is 0.0915. The Morgan fingerprint density at radius 2 is 1.69 bits per heavy atom. The number of likely N-dealkylation sites (N-methyl/N-ethyl adjacent to an activating group) is 1. The van der Waals surface area contributed by atoms with Crippen molar-refractivity contribution in [3.8, 4) is 11.3 Å². The lowest BCUT2D eigenvalue weighted by Crippen LogP contribution is -2.31. The van der Waals surface area contributed by atoms with Crippen molar-refractivity contribution in [2.75, 3.05) is 13.1 Å². The number of rotatable bonds is 5. The van der Waals surface area contributed by atoms with E-state index in [-0.39, 0.29) is 11.3 Å². The van der Waals surface area contributed by atoms with Crippen LogP contribution in [0.5, 0.6) is 0 Å². The molecule has 3 rings (SSSR count). The van der Waals surface area contributed by atoms with Gasteiger partial charge in [-0.05, 0) is 44.7 Å². The highest BCUT2D eigenvalue weighted by Crippen LogP contribution is 2.30. The molecule has 0 bridgehead atoms. The molecule has 2 aromatic heterocycles. The molecule has 0 aliphatic carbocycles. The Labute approximate surface area is 173 Å². The molecule has 0 radical (unpaired) electrons. The average Bonchev–Trinajstić information content (AvgIpc) is 3.01. The standard InChI is InChI=1S/C24H32N4O/c1-8-27(9-2)21(29)15-20-22(18-10-12-19(13-11-18)24(5,6)7)26-28-17(4)14-16(3)25-23(20)28/h10-14H,8-9,15H2,1-7H3. The second-order valence-electron chi connectivity index (χ2n) is 8.67. The number of aromatic nitrogens is 3. The largest absolute Gasteiger partial charge is 0.343 e. The minimum absolute atomic E-state index is 0.0915. The number of aryl methyl sites for hydroxylation is 2. The van der Waals surface area contributed by atoms with Crippen molar-refractivity contribution < 1.29 is 4.79 Å². The van der Waals surface area contributed by atoms with E-state index in [9.17, 15) is 4.79 Å². The molecular formula is C24H32N4O. The molecule has 5 heteroatoms. The van der Waals surface area contributed by atoms with Crippen molar-refractivity contribution in [2.45, 2.75) is 60.3 Å². The van der Waals surface area contributed by atoms with Crippen LogP contribution < -0.4 is 0 Å². The van der Waals surface area contributed by atoms with Gasteiger partial charge in [0.2, 0.25) is 5.91 Å². The Balaban J connectivity index is 2.15. The molecule has 0 aliphatic rings. The lowest BCUT2D eigenvalue weighted by Gasteiger charge is -2.19. The zero-order valence-corrected chi connectivity index (χ0v) is 18.7. The van der Waals surface area contributed by atoms with Crippen molar-refractivity contribution in [1.29, 1.82) is 0 Å². The van der Waals surface area contributed by atoms with E-state index in [0.29, 0.717) is 19.5 Å². The van der Waals surface area contributed by atoms with E-state index in [1.165, 1.54) is 5.56 Å². The summed E-state index contributed by atoms with van der Waals surface area (Å²) in [6.07, 6.45) is 0.303. The summed E-state index contributed by atoms with van der Waals surface area (Å²) in [5, 5.41) is 4.86. The first-order chi connectivity index (χ1) is 13.7. The maximum atomic E-state index is 12.9. The van der Waals surface area contributed by atoms with E-state index in [2.05, 4.69) is 45.0 Å². The Kier molecular flexibility index (Phi) is 5.78. The van der Waals surface area contributed by atoms with Gasteiger partial charge >= 0.3 is 0 Å². The third-order valence-corrected chi connectivity index (χ3v) is 5.46. The predicted octanol–water partition coefficient (Wildman–Crippen LogP) is 4.72. The number of benzene rings is 1. The molecule has 0 saturated carbocycles. The quantitative estimate of drug-likeness (QED) is 0.631. The van der Waals surface area contributed by atoms with Crippen molar-refractivity contribution in [3.63, 3.8) is 0 Å². The molecule has 0 N–H and O–H groups in total. The number of hydrogen-bond donors (Lipinski definition) is 0. The highest BCUT2D eigenvalue weighted by molar-refractivity contribution is 5.84. The van der Waals surface area contributed by atoms with E-state index >= 15 is 0 Å². The van der Waals surface area contributed by atoms with Crippen LogP contribution in [0.15, 0.2) is 30.3 Å². The van der Waals surface area contributed by atoms with Gasteiger partial charge in [-0.3, -0.25) is 4.79 Å². The minimum Gasteiger partial charge on any atom is -0.343 e. The van der Waals surface area contributed by atoms with Crippen LogP contribution >= 0.6 is 0 Å². The second kappa shape index (κ2) is 7.97. The van der Waals surface area contributed by atoms with E-state index < -0.39 is 0 Å². The van der Waals surface area contributed by atoms with Gasteiger partial charge in [-0.1, -0.05) is 45.0 Å². The summed E-state index contributed by atoms with van der Waals surface area (Å²) in [5.74, 6) is 0.110. The van der Waals surface area contributed by atoms with Crippen molar-refractivity contribution in [3.05, 3.63) is 52.8 Å². The van der Waals surface area contributed by atoms with Crippen LogP contribution in [0, 0.1) is 13.8 Å². The highest BCUT2D eigenvalue weighted by atomic mass is 16.2. The maximum Gasteiger partial charge on any atom is 0.227 e.